The number of nitrogens with zero attached hydrogens (tertiary/aromatic N) is 2. The number of urea groups is 1. The molecule has 0 spiro atoms. The summed E-state index contributed by atoms with van der Waals surface area (Å²) in [6, 6.07) is 3.63. The van der Waals surface area contributed by atoms with Gasteiger partial charge in [0.2, 0.25) is 0 Å². The number of aromatic nitrogens is 1. The van der Waals surface area contributed by atoms with Crippen LogP contribution < -0.4 is 10.6 Å². The van der Waals surface area contributed by atoms with Gasteiger partial charge in [0.25, 0.3) is 0 Å². The number of piperidine rings is 1. The first kappa shape index (κ1) is 17.7. The van der Waals surface area contributed by atoms with E-state index in [1.807, 2.05) is 12.1 Å². The van der Waals surface area contributed by atoms with E-state index >= 15 is 0 Å². The molecule has 128 valence electrons. The van der Waals surface area contributed by atoms with Gasteiger partial charge in [0, 0.05) is 32.0 Å². The highest BCUT2D eigenvalue weighted by molar-refractivity contribution is 5.73. The summed E-state index contributed by atoms with van der Waals surface area (Å²) in [6.07, 6.45) is 6.13. The highest BCUT2D eigenvalue weighted by Gasteiger charge is 2.18. The van der Waals surface area contributed by atoms with Gasteiger partial charge in [-0.25, -0.2) is 4.79 Å². The Bertz CT molecular complexity index is 461. The van der Waals surface area contributed by atoms with Gasteiger partial charge >= 0.3 is 6.03 Å². The van der Waals surface area contributed by atoms with E-state index in [0.717, 1.165) is 31.0 Å². The summed E-state index contributed by atoms with van der Waals surface area (Å²) in [5.74, 6) is 0.784. The van der Waals surface area contributed by atoms with Gasteiger partial charge in [-0.3, -0.25) is 4.98 Å². The molecule has 6 heteroatoms. The number of pyridine rings is 1. The quantitative estimate of drug-likeness (QED) is 0.701. The fraction of sp³-hybridized carbons (Fsp3) is 0.647. The summed E-state index contributed by atoms with van der Waals surface area (Å²) >= 11 is 0. The molecule has 0 saturated carbocycles. The number of hydrogen-bond acceptors (Lipinski definition) is 4. The van der Waals surface area contributed by atoms with Crippen LogP contribution >= 0.6 is 0 Å². The number of aliphatic hydroxyl groups is 1. The second-order valence-corrected chi connectivity index (χ2v) is 6.39. The lowest BCUT2D eigenvalue weighted by Gasteiger charge is -2.31. The van der Waals surface area contributed by atoms with Crippen molar-refractivity contribution < 1.29 is 9.90 Å². The minimum atomic E-state index is -0.521. The predicted molar refractivity (Wildman–Crippen MR) is 90.2 cm³/mol. The van der Waals surface area contributed by atoms with E-state index in [1.54, 1.807) is 12.4 Å². The SMILES string of the molecule is CC1CCN(CC(O)CNC(=O)NCCc2cccnc2)CC1. The average molecular weight is 320 g/mol. The van der Waals surface area contributed by atoms with Crippen LogP contribution in [-0.4, -0.2) is 59.8 Å². The lowest BCUT2D eigenvalue weighted by Crippen LogP contribution is -2.45. The number of aliphatic hydroxyl groups excluding tert-OH is 1. The fourth-order valence-corrected chi connectivity index (χ4v) is 2.75. The molecule has 1 fully saturated rings. The topological polar surface area (TPSA) is 77.5 Å². The Morgan fingerprint density at radius 1 is 1.43 bits per heavy atom. The van der Waals surface area contributed by atoms with Gasteiger partial charge in [0.05, 0.1) is 6.10 Å². The smallest absolute Gasteiger partial charge is 0.314 e. The molecule has 6 nitrogen and oxygen atoms in total. The molecule has 0 bridgehead atoms. The van der Waals surface area contributed by atoms with Crippen LogP contribution in [0.3, 0.4) is 0 Å². The predicted octanol–water partition coefficient (Wildman–Crippen LogP) is 1.02. The Morgan fingerprint density at radius 2 is 2.22 bits per heavy atom. The number of hydrogen-bond donors (Lipinski definition) is 3. The van der Waals surface area contributed by atoms with Crippen LogP contribution in [0.1, 0.15) is 25.3 Å². The second-order valence-electron chi connectivity index (χ2n) is 6.39. The molecule has 0 aliphatic carbocycles. The minimum Gasteiger partial charge on any atom is -0.390 e. The molecule has 2 rings (SSSR count). The zero-order valence-electron chi connectivity index (χ0n) is 13.9. The maximum atomic E-state index is 11.7. The third-order valence-electron chi connectivity index (χ3n) is 4.27. The maximum Gasteiger partial charge on any atom is 0.314 e. The van der Waals surface area contributed by atoms with Crippen LogP contribution in [0.15, 0.2) is 24.5 Å². The summed E-state index contributed by atoms with van der Waals surface area (Å²) < 4.78 is 0. The molecule has 2 amide bonds. The lowest BCUT2D eigenvalue weighted by atomic mass is 9.99. The van der Waals surface area contributed by atoms with E-state index in [1.165, 1.54) is 12.8 Å². The van der Waals surface area contributed by atoms with E-state index in [4.69, 9.17) is 0 Å². The van der Waals surface area contributed by atoms with Crippen molar-refractivity contribution in [3.05, 3.63) is 30.1 Å². The van der Waals surface area contributed by atoms with Gasteiger partial charge < -0.3 is 20.6 Å². The van der Waals surface area contributed by atoms with Gasteiger partial charge in [-0.1, -0.05) is 13.0 Å². The Labute approximate surface area is 138 Å². The number of carbonyl (C=O) groups excluding carboxylic acids is 1. The summed E-state index contributed by atoms with van der Waals surface area (Å²) in [5.41, 5.74) is 1.09. The van der Waals surface area contributed by atoms with Gasteiger partial charge in [0.1, 0.15) is 0 Å². The first-order chi connectivity index (χ1) is 11.1. The molecule has 1 unspecified atom stereocenters. The molecule has 1 saturated heterocycles. The van der Waals surface area contributed by atoms with Crippen LogP contribution in [0.4, 0.5) is 4.79 Å². The number of likely N-dealkylation sites (tertiary alicyclic amines) is 1. The van der Waals surface area contributed by atoms with Crippen LogP contribution in [0, 0.1) is 5.92 Å². The van der Waals surface area contributed by atoms with Gasteiger partial charge in [-0.2, -0.15) is 0 Å². The Kier molecular flexibility index (Phi) is 7.29. The number of rotatable bonds is 7. The van der Waals surface area contributed by atoms with E-state index in [9.17, 15) is 9.90 Å². The number of β-amino-alcohol motifs (C(OH)–C–C–N with tert-alkyl or cyclic N) is 1. The van der Waals surface area contributed by atoms with Crippen molar-refractivity contribution in [3.63, 3.8) is 0 Å². The molecule has 0 aromatic carbocycles. The molecule has 0 radical (unpaired) electrons. The van der Waals surface area contributed by atoms with E-state index < -0.39 is 6.10 Å². The lowest BCUT2D eigenvalue weighted by molar-refractivity contribution is 0.0920. The molecule has 1 aliphatic rings. The standard InChI is InChI=1S/C17H28N4O2/c1-14-5-9-21(10-6-14)13-16(22)12-20-17(23)19-8-4-15-3-2-7-18-11-15/h2-3,7,11,14,16,22H,4-6,8-10,12-13H2,1H3,(H2,19,20,23). The molecule has 23 heavy (non-hydrogen) atoms. The highest BCUT2D eigenvalue weighted by Crippen LogP contribution is 2.15. The molecule has 1 aromatic heterocycles. The zero-order valence-corrected chi connectivity index (χ0v) is 13.9. The molecule has 1 aliphatic heterocycles. The summed E-state index contributed by atoms with van der Waals surface area (Å²) in [6.45, 7) is 5.81. The summed E-state index contributed by atoms with van der Waals surface area (Å²) in [4.78, 5) is 18.0. The second kappa shape index (κ2) is 9.47. The highest BCUT2D eigenvalue weighted by atomic mass is 16.3. The van der Waals surface area contributed by atoms with E-state index in [2.05, 4.69) is 27.4 Å². The molecular formula is C17H28N4O2. The van der Waals surface area contributed by atoms with Crippen molar-refractivity contribution in [1.29, 1.82) is 0 Å². The van der Waals surface area contributed by atoms with Gasteiger partial charge in [-0.15, -0.1) is 0 Å². The van der Waals surface area contributed by atoms with Crippen LogP contribution in [-0.2, 0) is 6.42 Å². The van der Waals surface area contributed by atoms with Crippen molar-refractivity contribution >= 4 is 6.03 Å². The Balaban J connectivity index is 1.55. The van der Waals surface area contributed by atoms with Crippen LogP contribution in [0.25, 0.3) is 0 Å². The van der Waals surface area contributed by atoms with Crippen molar-refractivity contribution in [2.24, 2.45) is 5.92 Å². The number of carbonyl (C=O) groups is 1. The maximum absolute atomic E-state index is 11.7. The Hall–Kier alpha value is -1.66. The molecule has 2 heterocycles. The third-order valence-corrected chi connectivity index (χ3v) is 4.27. The molecule has 1 aromatic rings. The van der Waals surface area contributed by atoms with Gasteiger partial charge in [0.15, 0.2) is 0 Å². The van der Waals surface area contributed by atoms with Crippen LogP contribution in [0.5, 0.6) is 0 Å². The number of nitrogens with one attached hydrogen (secondary N) is 2. The van der Waals surface area contributed by atoms with E-state index in [-0.39, 0.29) is 12.6 Å². The minimum absolute atomic E-state index is 0.236. The van der Waals surface area contributed by atoms with Gasteiger partial charge in [-0.05, 0) is 49.9 Å². The van der Waals surface area contributed by atoms with E-state index in [0.29, 0.717) is 13.1 Å². The van der Waals surface area contributed by atoms with Crippen molar-refractivity contribution in [1.82, 2.24) is 20.5 Å². The first-order valence-electron chi connectivity index (χ1n) is 8.44. The zero-order chi connectivity index (χ0) is 16.5. The Morgan fingerprint density at radius 3 is 2.91 bits per heavy atom. The third kappa shape index (κ3) is 6.97. The largest absolute Gasteiger partial charge is 0.390 e. The van der Waals surface area contributed by atoms with Crippen LogP contribution in [0.2, 0.25) is 0 Å². The monoisotopic (exact) mass is 320 g/mol. The van der Waals surface area contributed by atoms with Crippen molar-refractivity contribution in [3.8, 4) is 0 Å². The average Bonchev–Trinajstić information content (AvgIpc) is 2.56. The fourth-order valence-electron chi connectivity index (χ4n) is 2.75. The normalized spacial score (nSPS) is 17.7. The summed E-state index contributed by atoms with van der Waals surface area (Å²) in [5, 5.41) is 15.5. The molecular weight excluding hydrogens is 292 g/mol. The summed E-state index contributed by atoms with van der Waals surface area (Å²) in [7, 11) is 0. The first-order valence-corrected chi connectivity index (χ1v) is 8.44. The van der Waals surface area contributed by atoms with Crippen molar-refractivity contribution in [2.45, 2.75) is 32.3 Å². The number of amides is 2. The molecule has 3 N–H and O–H groups in total. The molecule has 1 atom stereocenters. The van der Waals surface area contributed by atoms with Crippen molar-refractivity contribution in [2.75, 3.05) is 32.7 Å².